The van der Waals surface area contributed by atoms with Crippen LogP contribution in [0.25, 0.3) is 10.6 Å². The van der Waals surface area contributed by atoms with Crippen molar-refractivity contribution in [2.45, 2.75) is 6.92 Å². The highest BCUT2D eigenvalue weighted by atomic mass is 79.9. The van der Waals surface area contributed by atoms with Gasteiger partial charge in [-0.1, -0.05) is 15.9 Å². The molecule has 1 heterocycles. The number of thiazole rings is 1. The smallest absolute Gasteiger partial charge is 0.358 e. The van der Waals surface area contributed by atoms with Crippen LogP contribution in [-0.4, -0.2) is 23.8 Å². The van der Waals surface area contributed by atoms with Gasteiger partial charge in [-0.3, -0.25) is 4.79 Å². The largest absolute Gasteiger partial charge is 0.464 e. The number of aromatic nitrogens is 1. The molecule has 1 aromatic heterocycles. The van der Waals surface area contributed by atoms with Crippen molar-refractivity contribution in [3.8, 4) is 10.6 Å². The minimum Gasteiger partial charge on any atom is -0.464 e. The summed E-state index contributed by atoms with van der Waals surface area (Å²) in [5.41, 5.74) is 0.140. The number of hydrogen-bond acceptors (Lipinski definition) is 5. The van der Waals surface area contributed by atoms with Crippen LogP contribution in [0.2, 0.25) is 0 Å². The quantitative estimate of drug-likeness (QED) is 0.620. The molecule has 0 amide bonds. The zero-order valence-corrected chi connectivity index (χ0v) is 13.0. The number of methoxy groups -OCH3 is 1. The first-order valence-electron chi connectivity index (χ1n) is 5.49. The van der Waals surface area contributed by atoms with Gasteiger partial charge in [0.15, 0.2) is 11.5 Å². The van der Waals surface area contributed by atoms with E-state index in [1.54, 1.807) is 12.1 Å². The Labute approximate surface area is 126 Å². The van der Waals surface area contributed by atoms with Crippen LogP contribution in [0.5, 0.6) is 0 Å². The molecule has 0 saturated carbocycles. The number of halogens is 2. The van der Waals surface area contributed by atoms with E-state index in [2.05, 4.69) is 25.7 Å². The maximum Gasteiger partial charge on any atom is 0.358 e. The number of carbonyl (C=O) groups excluding carboxylic acids is 2. The number of nitrogens with zero attached hydrogens (tertiary/aromatic N) is 1. The topological polar surface area (TPSA) is 56.3 Å². The summed E-state index contributed by atoms with van der Waals surface area (Å²) in [4.78, 5) is 27.3. The van der Waals surface area contributed by atoms with Crippen molar-refractivity contribution in [2.24, 2.45) is 0 Å². The summed E-state index contributed by atoms with van der Waals surface area (Å²) in [6.45, 7) is 1.32. The van der Waals surface area contributed by atoms with E-state index in [0.29, 0.717) is 4.47 Å². The highest BCUT2D eigenvalue weighted by Gasteiger charge is 2.23. The predicted octanol–water partition coefficient (Wildman–Crippen LogP) is 3.70. The first-order valence-corrected chi connectivity index (χ1v) is 7.10. The number of esters is 1. The van der Waals surface area contributed by atoms with Gasteiger partial charge in [0.05, 0.1) is 7.11 Å². The van der Waals surface area contributed by atoms with E-state index >= 15 is 0 Å². The molecule has 0 aliphatic carbocycles. The maximum absolute atomic E-state index is 13.8. The van der Waals surface area contributed by atoms with Gasteiger partial charge in [0.2, 0.25) is 0 Å². The third-order valence-corrected chi connectivity index (χ3v) is 4.17. The lowest BCUT2D eigenvalue weighted by molar-refractivity contribution is 0.0591. The van der Waals surface area contributed by atoms with E-state index in [-0.39, 0.29) is 26.9 Å². The molecule has 0 spiro atoms. The van der Waals surface area contributed by atoms with E-state index in [1.807, 2.05) is 0 Å². The van der Waals surface area contributed by atoms with E-state index in [9.17, 15) is 14.0 Å². The third-order valence-electron chi connectivity index (χ3n) is 2.48. The highest BCUT2D eigenvalue weighted by Crippen LogP contribution is 2.32. The van der Waals surface area contributed by atoms with Crippen molar-refractivity contribution < 1.29 is 18.7 Å². The molecule has 0 fully saturated rings. The number of carbonyl (C=O) groups is 2. The van der Waals surface area contributed by atoms with Crippen molar-refractivity contribution in [3.05, 3.63) is 39.1 Å². The lowest BCUT2D eigenvalue weighted by atomic mass is 10.2. The van der Waals surface area contributed by atoms with Gasteiger partial charge in [-0.05, 0) is 18.2 Å². The van der Waals surface area contributed by atoms with Crippen LogP contribution in [0.4, 0.5) is 4.39 Å². The third kappa shape index (κ3) is 2.78. The maximum atomic E-state index is 13.8. The molecule has 1 aromatic carbocycles. The molecule has 4 nitrogen and oxygen atoms in total. The molecule has 0 atom stereocenters. The van der Waals surface area contributed by atoms with Gasteiger partial charge in [0, 0.05) is 17.0 Å². The van der Waals surface area contributed by atoms with Crippen molar-refractivity contribution >= 4 is 39.0 Å². The van der Waals surface area contributed by atoms with Gasteiger partial charge in [-0.15, -0.1) is 11.3 Å². The second-order valence-corrected chi connectivity index (χ2v) is 5.78. The van der Waals surface area contributed by atoms with E-state index in [1.165, 1.54) is 20.1 Å². The van der Waals surface area contributed by atoms with Crippen molar-refractivity contribution in [3.63, 3.8) is 0 Å². The van der Waals surface area contributed by atoms with Gasteiger partial charge < -0.3 is 4.74 Å². The average Bonchev–Trinajstić information content (AvgIpc) is 2.85. The normalized spacial score (nSPS) is 10.4. The second kappa shape index (κ2) is 5.80. The predicted molar refractivity (Wildman–Crippen MR) is 76.6 cm³/mol. The number of Topliss-reactive ketones (excluding diaryl/α,β-unsaturated/α-hetero) is 1. The van der Waals surface area contributed by atoms with Crippen LogP contribution < -0.4 is 0 Å². The first kappa shape index (κ1) is 14.8. The summed E-state index contributed by atoms with van der Waals surface area (Å²) >= 11 is 4.21. The zero-order valence-electron chi connectivity index (χ0n) is 10.6. The van der Waals surface area contributed by atoms with Gasteiger partial charge in [-0.25, -0.2) is 14.2 Å². The number of benzene rings is 1. The summed E-state index contributed by atoms with van der Waals surface area (Å²) in [5, 5.41) is 0.259. The molecule has 0 saturated heterocycles. The van der Waals surface area contributed by atoms with E-state index in [0.717, 1.165) is 11.3 Å². The number of rotatable bonds is 3. The Bertz CT molecular complexity index is 699. The zero-order chi connectivity index (χ0) is 14.9. The number of hydrogen-bond donors (Lipinski definition) is 0. The molecule has 7 heteroatoms. The Balaban J connectivity index is 2.61. The SMILES string of the molecule is COC(=O)c1nc(-c2cc(Br)ccc2F)sc1C(C)=O. The molecule has 0 N–H and O–H groups in total. The van der Waals surface area contributed by atoms with Crippen LogP contribution in [0.15, 0.2) is 22.7 Å². The monoisotopic (exact) mass is 357 g/mol. The second-order valence-electron chi connectivity index (χ2n) is 3.87. The highest BCUT2D eigenvalue weighted by molar-refractivity contribution is 9.10. The molecule has 0 bridgehead atoms. The Morgan fingerprint density at radius 3 is 2.70 bits per heavy atom. The van der Waals surface area contributed by atoms with Crippen LogP contribution >= 0.6 is 27.3 Å². The molecular weight excluding hydrogens is 349 g/mol. The summed E-state index contributed by atoms with van der Waals surface area (Å²) in [7, 11) is 1.20. The van der Waals surface area contributed by atoms with Crippen LogP contribution in [0.1, 0.15) is 27.1 Å². The fraction of sp³-hybridized carbons (Fsp3) is 0.154. The lowest BCUT2D eigenvalue weighted by Crippen LogP contribution is -2.06. The Hall–Kier alpha value is -1.60. The summed E-state index contributed by atoms with van der Waals surface area (Å²) in [5.74, 6) is -1.51. The van der Waals surface area contributed by atoms with Crippen LogP contribution in [-0.2, 0) is 4.74 Å². The molecule has 0 aliphatic rings. The van der Waals surface area contributed by atoms with Crippen LogP contribution in [0.3, 0.4) is 0 Å². The van der Waals surface area contributed by atoms with Crippen molar-refractivity contribution in [2.75, 3.05) is 7.11 Å². The molecule has 0 aliphatic heterocycles. The Kier molecular flexibility index (Phi) is 4.29. The van der Waals surface area contributed by atoms with Gasteiger partial charge >= 0.3 is 5.97 Å². The molecule has 20 heavy (non-hydrogen) atoms. The number of ether oxygens (including phenoxy) is 1. The number of ketones is 1. The minimum absolute atomic E-state index is 0.0839. The summed E-state index contributed by atoms with van der Waals surface area (Å²) in [6, 6.07) is 4.38. The van der Waals surface area contributed by atoms with Gasteiger partial charge in [0.25, 0.3) is 0 Å². The van der Waals surface area contributed by atoms with E-state index in [4.69, 9.17) is 0 Å². The molecular formula is C13H9BrFNO3S. The summed E-state index contributed by atoms with van der Waals surface area (Å²) in [6.07, 6.45) is 0. The van der Waals surface area contributed by atoms with Crippen molar-refractivity contribution in [1.82, 2.24) is 4.98 Å². The fourth-order valence-electron chi connectivity index (χ4n) is 1.57. The standard InChI is InChI=1S/C13H9BrFNO3S/c1-6(17)11-10(13(18)19-2)16-12(20-11)8-5-7(14)3-4-9(8)15/h3-5H,1-2H3. The molecule has 2 aromatic rings. The van der Waals surface area contributed by atoms with E-state index < -0.39 is 11.8 Å². The molecule has 0 unspecified atom stereocenters. The molecule has 0 radical (unpaired) electrons. The molecule has 104 valence electrons. The van der Waals surface area contributed by atoms with Crippen LogP contribution in [0, 0.1) is 5.82 Å². The fourth-order valence-corrected chi connectivity index (χ4v) is 2.90. The Morgan fingerprint density at radius 2 is 2.10 bits per heavy atom. The lowest BCUT2D eigenvalue weighted by Gasteiger charge is -1.99. The van der Waals surface area contributed by atoms with Gasteiger partial charge in [-0.2, -0.15) is 0 Å². The molecule has 2 rings (SSSR count). The van der Waals surface area contributed by atoms with Crippen molar-refractivity contribution in [1.29, 1.82) is 0 Å². The van der Waals surface area contributed by atoms with Gasteiger partial charge in [0.1, 0.15) is 15.7 Å². The summed E-state index contributed by atoms with van der Waals surface area (Å²) < 4.78 is 19.1. The first-order chi connectivity index (χ1) is 9.43. The minimum atomic E-state index is -0.715. The average molecular weight is 358 g/mol. The Morgan fingerprint density at radius 1 is 1.40 bits per heavy atom.